The van der Waals surface area contributed by atoms with E-state index in [0.29, 0.717) is 25.8 Å². The lowest BCUT2D eigenvalue weighted by Crippen LogP contribution is -2.19. The Kier molecular flexibility index (Phi) is 4.29. The van der Waals surface area contributed by atoms with Crippen molar-refractivity contribution in [3.8, 4) is 0 Å². The molecule has 1 aliphatic heterocycles. The summed E-state index contributed by atoms with van der Waals surface area (Å²) in [6.07, 6.45) is 5.69. The third-order valence-corrected chi connectivity index (χ3v) is 4.23. The molecule has 0 aliphatic carbocycles. The van der Waals surface area contributed by atoms with E-state index in [4.69, 9.17) is 23.2 Å². The zero-order valence-corrected chi connectivity index (χ0v) is 13.8. The number of amides is 1. The molecule has 1 N–H and O–H groups in total. The molecular formula is C15H11Cl2N3OS. The molecule has 2 heterocycles. The zero-order chi connectivity index (χ0) is 15.7. The number of carbonyl (C=O) groups is 1. The Morgan fingerprint density at radius 2 is 2.00 bits per heavy atom. The standard InChI is InChI=1S/C15H11Cl2N3OS/c1-20-3-2-9(8-20)4-13-14(21)19-15(22-13)18-12-6-10(16)5-11(17)7-12/h2-8H,1H3,(H,18,19,21)/b13-4-. The van der Waals surface area contributed by atoms with Crippen LogP contribution in [0.15, 0.2) is 46.6 Å². The van der Waals surface area contributed by atoms with E-state index >= 15 is 0 Å². The van der Waals surface area contributed by atoms with Gasteiger partial charge in [0.15, 0.2) is 5.17 Å². The van der Waals surface area contributed by atoms with Crippen LogP contribution in [0.25, 0.3) is 6.08 Å². The largest absolute Gasteiger partial charge is 0.357 e. The Morgan fingerprint density at radius 1 is 1.27 bits per heavy atom. The Labute approximate surface area is 141 Å². The number of aromatic nitrogens is 1. The molecule has 7 heteroatoms. The summed E-state index contributed by atoms with van der Waals surface area (Å²) in [5.74, 6) is -0.166. The van der Waals surface area contributed by atoms with Gasteiger partial charge in [-0.1, -0.05) is 23.2 Å². The van der Waals surface area contributed by atoms with Gasteiger partial charge < -0.3 is 9.88 Å². The number of rotatable bonds is 2. The van der Waals surface area contributed by atoms with Crippen molar-refractivity contribution in [2.75, 3.05) is 0 Å². The van der Waals surface area contributed by atoms with Crippen LogP contribution in [0.1, 0.15) is 5.56 Å². The molecule has 3 rings (SSSR count). The number of benzene rings is 1. The first-order valence-electron chi connectivity index (χ1n) is 6.37. The number of thioether (sulfide) groups is 1. The van der Waals surface area contributed by atoms with E-state index in [9.17, 15) is 4.79 Å². The molecule has 1 aromatic carbocycles. The van der Waals surface area contributed by atoms with Gasteiger partial charge in [0.05, 0.1) is 10.6 Å². The fraction of sp³-hybridized carbons (Fsp3) is 0.0667. The van der Waals surface area contributed by atoms with E-state index in [0.717, 1.165) is 5.56 Å². The molecule has 1 aromatic heterocycles. The van der Waals surface area contributed by atoms with Crippen molar-refractivity contribution in [2.45, 2.75) is 0 Å². The predicted molar refractivity (Wildman–Crippen MR) is 92.7 cm³/mol. The normalized spacial score (nSPS) is 18.2. The van der Waals surface area contributed by atoms with Gasteiger partial charge in [0.25, 0.3) is 5.91 Å². The van der Waals surface area contributed by atoms with Crippen LogP contribution in [-0.4, -0.2) is 15.6 Å². The van der Waals surface area contributed by atoms with Gasteiger partial charge in [-0.3, -0.25) is 4.79 Å². The van der Waals surface area contributed by atoms with Gasteiger partial charge in [0, 0.05) is 29.5 Å². The highest BCUT2D eigenvalue weighted by atomic mass is 35.5. The molecule has 2 aromatic rings. The number of carbonyl (C=O) groups excluding carboxylic acids is 1. The van der Waals surface area contributed by atoms with Crippen molar-refractivity contribution in [3.05, 3.63) is 57.2 Å². The molecule has 1 aliphatic rings. The minimum atomic E-state index is -0.166. The lowest BCUT2D eigenvalue weighted by Gasteiger charge is -1.98. The quantitative estimate of drug-likeness (QED) is 0.823. The molecule has 1 fully saturated rings. The first-order chi connectivity index (χ1) is 10.5. The molecule has 0 saturated carbocycles. The van der Waals surface area contributed by atoms with Gasteiger partial charge in [-0.2, -0.15) is 0 Å². The van der Waals surface area contributed by atoms with Crippen molar-refractivity contribution in [1.82, 2.24) is 9.88 Å². The summed E-state index contributed by atoms with van der Waals surface area (Å²) in [7, 11) is 1.93. The van der Waals surface area contributed by atoms with Crippen molar-refractivity contribution >= 4 is 57.8 Å². The van der Waals surface area contributed by atoms with Gasteiger partial charge in [-0.05, 0) is 47.7 Å². The summed E-state index contributed by atoms with van der Waals surface area (Å²) in [6.45, 7) is 0. The molecule has 1 saturated heterocycles. The third-order valence-electron chi connectivity index (χ3n) is 2.88. The summed E-state index contributed by atoms with van der Waals surface area (Å²) in [6, 6.07) is 6.94. The summed E-state index contributed by atoms with van der Waals surface area (Å²) >= 11 is 13.2. The SMILES string of the molecule is Cn1ccc(/C=C2\SC(=Nc3cc(Cl)cc(Cl)c3)NC2=O)c1. The average molecular weight is 352 g/mol. The second-order valence-corrected chi connectivity index (χ2v) is 6.62. The summed E-state index contributed by atoms with van der Waals surface area (Å²) < 4.78 is 1.92. The van der Waals surface area contributed by atoms with Gasteiger partial charge in [0.1, 0.15) is 0 Å². The molecule has 1 amide bonds. The predicted octanol–water partition coefficient (Wildman–Crippen LogP) is 4.22. The van der Waals surface area contributed by atoms with E-state index in [2.05, 4.69) is 10.3 Å². The second-order valence-electron chi connectivity index (χ2n) is 4.72. The lowest BCUT2D eigenvalue weighted by atomic mass is 10.3. The van der Waals surface area contributed by atoms with Crippen LogP contribution in [0, 0.1) is 0 Å². The average Bonchev–Trinajstić information content (AvgIpc) is 2.95. The van der Waals surface area contributed by atoms with E-state index in [1.165, 1.54) is 11.8 Å². The maximum atomic E-state index is 12.0. The van der Waals surface area contributed by atoms with Crippen LogP contribution in [0.2, 0.25) is 10.0 Å². The molecule has 0 unspecified atom stereocenters. The number of aliphatic imine (C=N–C) groups is 1. The Hall–Kier alpha value is -1.69. The van der Waals surface area contributed by atoms with E-state index in [-0.39, 0.29) is 5.91 Å². The number of hydrogen-bond donors (Lipinski definition) is 1. The number of nitrogens with zero attached hydrogens (tertiary/aromatic N) is 2. The van der Waals surface area contributed by atoms with E-state index in [1.54, 1.807) is 18.2 Å². The molecule has 22 heavy (non-hydrogen) atoms. The van der Waals surface area contributed by atoms with Crippen molar-refractivity contribution in [2.24, 2.45) is 12.0 Å². The molecular weight excluding hydrogens is 341 g/mol. The highest BCUT2D eigenvalue weighted by molar-refractivity contribution is 8.18. The first-order valence-corrected chi connectivity index (χ1v) is 7.94. The third kappa shape index (κ3) is 3.55. The molecule has 0 bridgehead atoms. The molecule has 112 valence electrons. The smallest absolute Gasteiger partial charge is 0.264 e. The maximum absolute atomic E-state index is 12.0. The van der Waals surface area contributed by atoms with Crippen molar-refractivity contribution < 1.29 is 4.79 Å². The molecule has 0 spiro atoms. The fourth-order valence-electron chi connectivity index (χ4n) is 1.96. The highest BCUT2D eigenvalue weighted by Gasteiger charge is 2.23. The first kappa shape index (κ1) is 15.2. The second kappa shape index (κ2) is 6.20. The maximum Gasteiger partial charge on any atom is 0.264 e. The van der Waals surface area contributed by atoms with Crippen LogP contribution < -0.4 is 5.32 Å². The number of nitrogens with one attached hydrogen (secondary N) is 1. The highest BCUT2D eigenvalue weighted by Crippen LogP contribution is 2.30. The topological polar surface area (TPSA) is 46.4 Å². The Morgan fingerprint density at radius 3 is 2.64 bits per heavy atom. The van der Waals surface area contributed by atoms with Crippen LogP contribution in [-0.2, 0) is 11.8 Å². The fourth-order valence-corrected chi connectivity index (χ4v) is 3.32. The monoisotopic (exact) mass is 351 g/mol. The summed E-state index contributed by atoms with van der Waals surface area (Å²) in [5, 5.41) is 4.24. The van der Waals surface area contributed by atoms with Gasteiger partial charge in [-0.15, -0.1) is 0 Å². The van der Waals surface area contributed by atoms with Crippen molar-refractivity contribution in [3.63, 3.8) is 0 Å². The molecule has 0 atom stereocenters. The van der Waals surface area contributed by atoms with Crippen LogP contribution in [0.3, 0.4) is 0 Å². The minimum absolute atomic E-state index is 0.166. The van der Waals surface area contributed by atoms with E-state index in [1.807, 2.05) is 36.2 Å². The summed E-state index contributed by atoms with van der Waals surface area (Å²) in [4.78, 5) is 16.9. The summed E-state index contributed by atoms with van der Waals surface area (Å²) in [5.41, 5.74) is 1.56. The number of hydrogen-bond acceptors (Lipinski definition) is 3. The van der Waals surface area contributed by atoms with E-state index < -0.39 is 0 Å². The number of halogens is 2. The van der Waals surface area contributed by atoms with Gasteiger partial charge >= 0.3 is 0 Å². The number of amidine groups is 1. The number of aryl methyl sites for hydroxylation is 1. The van der Waals surface area contributed by atoms with Crippen LogP contribution in [0.5, 0.6) is 0 Å². The van der Waals surface area contributed by atoms with Gasteiger partial charge in [0.2, 0.25) is 0 Å². The Balaban J connectivity index is 1.85. The van der Waals surface area contributed by atoms with Crippen molar-refractivity contribution in [1.29, 1.82) is 0 Å². The van der Waals surface area contributed by atoms with Crippen LogP contribution in [0.4, 0.5) is 5.69 Å². The van der Waals surface area contributed by atoms with Crippen LogP contribution >= 0.6 is 35.0 Å². The Bertz CT molecular complexity index is 791. The molecule has 0 radical (unpaired) electrons. The van der Waals surface area contributed by atoms with Gasteiger partial charge in [-0.25, -0.2) is 4.99 Å². The minimum Gasteiger partial charge on any atom is -0.357 e. The zero-order valence-electron chi connectivity index (χ0n) is 11.5. The molecule has 4 nitrogen and oxygen atoms in total. The lowest BCUT2D eigenvalue weighted by molar-refractivity contribution is -0.115.